The summed E-state index contributed by atoms with van der Waals surface area (Å²) < 4.78 is 17.6. The zero-order valence-electron chi connectivity index (χ0n) is 13.2. The largest absolute Gasteiger partial charge is 0.383 e. The molecule has 23 heavy (non-hydrogen) atoms. The highest BCUT2D eigenvalue weighted by Crippen LogP contribution is 2.25. The summed E-state index contributed by atoms with van der Waals surface area (Å²) in [5, 5.41) is 11.0. The molecule has 0 saturated heterocycles. The number of rotatable bonds is 6. The van der Waals surface area contributed by atoms with Crippen molar-refractivity contribution in [3.05, 3.63) is 35.0 Å². The lowest BCUT2D eigenvalue weighted by Gasteiger charge is -2.22. The maximum absolute atomic E-state index is 12.1. The molecular formula is C15H20N4O4. The summed E-state index contributed by atoms with van der Waals surface area (Å²) in [5.41, 5.74) is 2.48. The summed E-state index contributed by atoms with van der Waals surface area (Å²) in [6.07, 6.45) is 4.02. The average molecular weight is 320 g/mol. The third kappa shape index (κ3) is 3.43. The molecule has 124 valence electrons. The molecule has 1 amide bonds. The van der Waals surface area contributed by atoms with Crippen LogP contribution in [0.1, 0.15) is 33.5 Å². The molecule has 0 saturated carbocycles. The van der Waals surface area contributed by atoms with Crippen LogP contribution < -0.4 is 5.32 Å². The lowest BCUT2D eigenvalue weighted by atomic mass is 10.1. The topological polar surface area (TPSA) is 91.4 Å². The molecule has 0 aromatic carbocycles. The normalized spacial score (nSPS) is 17.0. The van der Waals surface area contributed by atoms with Crippen LogP contribution in [0.5, 0.6) is 0 Å². The van der Waals surface area contributed by atoms with Gasteiger partial charge in [-0.3, -0.25) is 9.48 Å². The van der Waals surface area contributed by atoms with Crippen LogP contribution in [0.3, 0.4) is 0 Å². The summed E-state index contributed by atoms with van der Waals surface area (Å²) in [6.45, 7) is 3.99. The third-order valence-electron chi connectivity index (χ3n) is 3.83. The Hall–Kier alpha value is -2.19. The molecule has 3 heterocycles. The number of nitrogens with one attached hydrogen (secondary N) is 1. The number of methoxy groups -OCH3 is 1. The predicted molar refractivity (Wildman–Crippen MR) is 80.1 cm³/mol. The van der Waals surface area contributed by atoms with Gasteiger partial charge < -0.3 is 19.3 Å². The van der Waals surface area contributed by atoms with E-state index in [1.54, 1.807) is 14.0 Å². The number of aromatic nitrogens is 3. The Morgan fingerprint density at radius 3 is 3.17 bits per heavy atom. The zero-order valence-corrected chi connectivity index (χ0v) is 13.2. The van der Waals surface area contributed by atoms with Crippen molar-refractivity contribution in [3.63, 3.8) is 0 Å². The zero-order chi connectivity index (χ0) is 16.2. The fourth-order valence-corrected chi connectivity index (χ4v) is 2.58. The van der Waals surface area contributed by atoms with E-state index in [2.05, 4.69) is 15.6 Å². The Balaban J connectivity index is 1.65. The van der Waals surface area contributed by atoms with Crippen molar-refractivity contribution in [1.29, 1.82) is 0 Å². The molecule has 0 fully saturated rings. The smallest absolute Gasteiger partial charge is 0.256 e. The molecular weight excluding hydrogens is 300 g/mol. The van der Waals surface area contributed by atoms with Gasteiger partial charge in [-0.2, -0.15) is 5.10 Å². The van der Waals surface area contributed by atoms with Gasteiger partial charge in [-0.05, 0) is 18.9 Å². The highest BCUT2D eigenvalue weighted by molar-refractivity contribution is 5.94. The van der Waals surface area contributed by atoms with Gasteiger partial charge in [0.15, 0.2) is 0 Å². The summed E-state index contributed by atoms with van der Waals surface area (Å²) >= 11 is 0. The van der Waals surface area contributed by atoms with Gasteiger partial charge in [-0.25, -0.2) is 0 Å². The number of amides is 1. The lowest BCUT2D eigenvalue weighted by molar-refractivity contribution is 0.0382. The maximum Gasteiger partial charge on any atom is 0.256 e. The van der Waals surface area contributed by atoms with Crippen molar-refractivity contribution in [2.75, 3.05) is 26.9 Å². The molecule has 8 heteroatoms. The molecule has 0 radical (unpaired) electrons. The second-order valence-electron chi connectivity index (χ2n) is 5.41. The summed E-state index contributed by atoms with van der Waals surface area (Å²) in [6, 6.07) is 0. The van der Waals surface area contributed by atoms with E-state index in [9.17, 15) is 4.79 Å². The minimum Gasteiger partial charge on any atom is -0.383 e. The summed E-state index contributed by atoms with van der Waals surface area (Å²) in [4.78, 5) is 12.1. The molecule has 0 bridgehead atoms. The average Bonchev–Trinajstić information content (AvgIpc) is 3.16. The van der Waals surface area contributed by atoms with E-state index in [4.69, 9.17) is 14.0 Å². The number of ether oxygens (including phenoxy) is 2. The van der Waals surface area contributed by atoms with E-state index in [1.807, 2.05) is 10.9 Å². The fraction of sp³-hybridized carbons (Fsp3) is 0.533. The number of hydrogen-bond donors (Lipinski definition) is 1. The fourth-order valence-electron chi connectivity index (χ4n) is 2.58. The van der Waals surface area contributed by atoms with Crippen molar-refractivity contribution in [3.8, 4) is 0 Å². The number of fused-ring (bicyclic) bond motifs is 1. The second kappa shape index (κ2) is 6.93. The van der Waals surface area contributed by atoms with Crippen LogP contribution in [0, 0.1) is 6.92 Å². The first-order chi connectivity index (χ1) is 11.2. The molecule has 1 aliphatic rings. The molecule has 8 nitrogen and oxygen atoms in total. The molecule has 0 aliphatic carbocycles. The van der Waals surface area contributed by atoms with Crippen LogP contribution in [0.4, 0.5) is 0 Å². The summed E-state index contributed by atoms with van der Waals surface area (Å²) in [7, 11) is 1.66. The van der Waals surface area contributed by atoms with Crippen LogP contribution in [-0.2, 0) is 22.4 Å². The number of aryl methyl sites for hydroxylation is 1. The lowest BCUT2D eigenvalue weighted by Crippen LogP contribution is -2.32. The van der Waals surface area contributed by atoms with Crippen LogP contribution in [0.15, 0.2) is 16.9 Å². The molecule has 1 unspecified atom stereocenters. The molecule has 3 rings (SSSR count). The highest BCUT2D eigenvalue weighted by atomic mass is 16.5. The Bertz CT molecular complexity index is 679. The highest BCUT2D eigenvalue weighted by Gasteiger charge is 2.25. The van der Waals surface area contributed by atoms with E-state index in [1.165, 1.54) is 6.20 Å². The van der Waals surface area contributed by atoms with Crippen LogP contribution in [0.2, 0.25) is 0 Å². The summed E-state index contributed by atoms with van der Waals surface area (Å²) in [5.74, 6) is 0.273. The number of hydrogen-bond acceptors (Lipinski definition) is 6. The van der Waals surface area contributed by atoms with Gasteiger partial charge in [0.1, 0.15) is 17.4 Å². The van der Waals surface area contributed by atoms with Crippen LogP contribution in [0.25, 0.3) is 0 Å². The van der Waals surface area contributed by atoms with Gasteiger partial charge in [-0.1, -0.05) is 5.16 Å². The van der Waals surface area contributed by atoms with Crippen molar-refractivity contribution in [2.45, 2.75) is 26.0 Å². The first kappa shape index (κ1) is 15.7. The van der Waals surface area contributed by atoms with Crippen molar-refractivity contribution in [1.82, 2.24) is 20.3 Å². The quantitative estimate of drug-likeness (QED) is 0.849. The van der Waals surface area contributed by atoms with E-state index in [0.717, 1.165) is 17.7 Å². The van der Waals surface area contributed by atoms with Gasteiger partial charge in [0.05, 0.1) is 31.6 Å². The molecule has 2 aromatic rings. The van der Waals surface area contributed by atoms with Crippen LogP contribution >= 0.6 is 0 Å². The minimum atomic E-state index is -0.244. The Labute approximate surface area is 133 Å². The number of carbonyl (C=O) groups excluding carboxylic acids is 1. The second-order valence-corrected chi connectivity index (χ2v) is 5.41. The molecule has 1 N–H and O–H groups in total. The van der Waals surface area contributed by atoms with Gasteiger partial charge in [0, 0.05) is 19.9 Å². The standard InChI is InChI=1S/C15H20N4O4/c1-10-12(7-17-23-10)15(20)16-8-13-14-11(3-5-22-13)9-19(18-14)4-6-21-2/h7,9,13H,3-6,8H2,1-2H3,(H,16,20). The SMILES string of the molecule is COCCn1cc2c(n1)C(CNC(=O)c1cnoc1C)OCC2. The maximum atomic E-state index is 12.1. The van der Waals surface area contributed by atoms with Crippen molar-refractivity contribution >= 4 is 5.91 Å². The van der Waals surface area contributed by atoms with Crippen LogP contribution in [-0.4, -0.2) is 47.7 Å². The van der Waals surface area contributed by atoms with Crippen molar-refractivity contribution < 1.29 is 18.8 Å². The molecule has 0 spiro atoms. The molecule has 2 aromatic heterocycles. The molecule has 1 aliphatic heterocycles. The predicted octanol–water partition coefficient (Wildman–Crippen LogP) is 0.870. The van der Waals surface area contributed by atoms with E-state index in [-0.39, 0.29) is 12.0 Å². The van der Waals surface area contributed by atoms with E-state index in [0.29, 0.717) is 37.6 Å². The first-order valence-corrected chi connectivity index (χ1v) is 7.55. The first-order valence-electron chi connectivity index (χ1n) is 7.55. The monoisotopic (exact) mass is 320 g/mol. The van der Waals surface area contributed by atoms with Gasteiger partial charge >= 0.3 is 0 Å². The van der Waals surface area contributed by atoms with Gasteiger partial charge in [0.25, 0.3) is 5.91 Å². The number of nitrogens with zero attached hydrogens (tertiary/aromatic N) is 3. The Morgan fingerprint density at radius 2 is 2.43 bits per heavy atom. The van der Waals surface area contributed by atoms with Gasteiger partial charge in [0.2, 0.25) is 0 Å². The van der Waals surface area contributed by atoms with E-state index >= 15 is 0 Å². The van der Waals surface area contributed by atoms with E-state index < -0.39 is 0 Å². The van der Waals surface area contributed by atoms with Gasteiger partial charge in [-0.15, -0.1) is 0 Å². The Kier molecular flexibility index (Phi) is 4.73. The third-order valence-corrected chi connectivity index (χ3v) is 3.83. The molecule has 1 atom stereocenters. The Morgan fingerprint density at radius 1 is 1.57 bits per heavy atom. The minimum absolute atomic E-state index is 0.224. The number of carbonyl (C=O) groups is 1. The van der Waals surface area contributed by atoms with Crippen molar-refractivity contribution in [2.24, 2.45) is 0 Å².